The molecule has 0 saturated carbocycles. The van der Waals surface area contributed by atoms with Crippen LogP contribution in [0, 0.1) is 0 Å². The number of hydrogen-bond donors (Lipinski definition) is 1. The zero-order valence-corrected chi connectivity index (χ0v) is 15.1. The highest BCUT2D eigenvalue weighted by atomic mass is 32.1. The van der Waals surface area contributed by atoms with Crippen LogP contribution in [0.25, 0.3) is 21.8 Å². The van der Waals surface area contributed by atoms with E-state index in [2.05, 4.69) is 81.9 Å². The van der Waals surface area contributed by atoms with Gasteiger partial charge in [-0.1, -0.05) is 36.4 Å². The first kappa shape index (κ1) is 16.3. The second-order valence-corrected chi connectivity index (χ2v) is 7.41. The summed E-state index contributed by atoms with van der Waals surface area (Å²) in [6.45, 7) is 2.12. The first-order valence-corrected chi connectivity index (χ1v) is 9.50. The van der Waals surface area contributed by atoms with Crippen LogP contribution in [-0.4, -0.2) is 34.3 Å². The van der Waals surface area contributed by atoms with E-state index in [9.17, 15) is 5.11 Å². The summed E-state index contributed by atoms with van der Waals surface area (Å²) < 4.78 is 2.24. The third-order valence-corrected chi connectivity index (χ3v) is 5.36. The normalized spacial score (nSPS) is 13.1. The Hall–Kier alpha value is -2.14. The molecule has 4 rings (SSSR count). The summed E-state index contributed by atoms with van der Waals surface area (Å²) in [5.41, 5.74) is 3.67. The molecule has 2 aromatic heterocycles. The van der Waals surface area contributed by atoms with Crippen molar-refractivity contribution in [2.24, 2.45) is 0 Å². The van der Waals surface area contributed by atoms with Crippen molar-refractivity contribution in [3.05, 3.63) is 70.9 Å². The molecule has 0 saturated heterocycles. The van der Waals surface area contributed by atoms with Crippen LogP contribution in [-0.2, 0) is 13.1 Å². The molecular formula is C21H22N2OS. The lowest BCUT2D eigenvalue weighted by molar-refractivity contribution is 0.109. The van der Waals surface area contributed by atoms with E-state index < -0.39 is 6.10 Å². The Morgan fingerprint density at radius 3 is 2.24 bits per heavy atom. The first-order valence-electron chi connectivity index (χ1n) is 8.56. The summed E-state index contributed by atoms with van der Waals surface area (Å²) in [6, 6.07) is 19.0. The Morgan fingerprint density at radius 2 is 1.64 bits per heavy atom. The van der Waals surface area contributed by atoms with Crippen molar-refractivity contribution >= 4 is 33.1 Å². The minimum atomic E-state index is -0.414. The molecule has 128 valence electrons. The van der Waals surface area contributed by atoms with Crippen LogP contribution >= 0.6 is 11.3 Å². The fourth-order valence-electron chi connectivity index (χ4n) is 3.59. The van der Waals surface area contributed by atoms with Crippen LogP contribution in [0.4, 0.5) is 0 Å². The maximum atomic E-state index is 10.7. The molecule has 0 bridgehead atoms. The topological polar surface area (TPSA) is 28.4 Å². The molecule has 0 amide bonds. The SMILES string of the molecule is CN(Cc1ccsc1)C[C@@H](O)Cn1c2ccccc2c2ccccc21. The van der Waals surface area contributed by atoms with Gasteiger partial charge in [0.1, 0.15) is 0 Å². The quantitative estimate of drug-likeness (QED) is 0.560. The average molecular weight is 350 g/mol. The predicted molar refractivity (Wildman–Crippen MR) is 106 cm³/mol. The Bertz CT molecular complexity index is 921. The van der Waals surface area contributed by atoms with Gasteiger partial charge in [-0.25, -0.2) is 0 Å². The van der Waals surface area contributed by atoms with E-state index in [0.717, 1.165) is 6.54 Å². The lowest BCUT2D eigenvalue weighted by atomic mass is 10.2. The van der Waals surface area contributed by atoms with Gasteiger partial charge in [-0.3, -0.25) is 4.90 Å². The number of aliphatic hydroxyl groups is 1. The van der Waals surface area contributed by atoms with Crippen molar-refractivity contribution in [1.82, 2.24) is 9.47 Å². The van der Waals surface area contributed by atoms with E-state index in [-0.39, 0.29) is 0 Å². The van der Waals surface area contributed by atoms with Crippen molar-refractivity contribution in [3.8, 4) is 0 Å². The van der Waals surface area contributed by atoms with Crippen LogP contribution in [0.3, 0.4) is 0 Å². The highest BCUT2D eigenvalue weighted by Crippen LogP contribution is 2.28. The lowest BCUT2D eigenvalue weighted by Crippen LogP contribution is -2.31. The fourth-order valence-corrected chi connectivity index (χ4v) is 4.25. The Kier molecular flexibility index (Phi) is 4.57. The van der Waals surface area contributed by atoms with Crippen LogP contribution in [0.5, 0.6) is 0 Å². The van der Waals surface area contributed by atoms with Crippen molar-refractivity contribution < 1.29 is 5.11 Å². The van der Waals surface area contributed by atoms with Crippen molar-refractivity contribution in [2.45, 2.75) is 19.2 Å². The maximum absolute atomic E-state index is 10.7. The molecule has 2 heterocycles. The lowest BCUT2D eigenvalue weighted by Gasteiger charge is -2.21. The monoisotopic (exact) mass is 350 g/mol. The van der Waals surface area contributed by atoms with Crippen molar-refractivity contribution in [3.63, 3.8) is 0 Å². The molecule has 0 fully saturated rings. The van der Waals surface area contributed by atoms with Crippen LogP contribution in [0.1, 0.15) is 5.56 Å². The molecule has 0 unspecified atom stereocenters. The third-order valence-electron chi connectivity index (χ3n) is 4.63. The number of fused-ring (bicyclic) bond motifs is 3. The number of likely N-dealkylation sites (N-methyl/N-ethyl adjacent to an activating group) is 1. The number of aliphatic hydroxyl groups excluding tert-OH is 1. The third kappa shape index (κ3) is 3.33. The Balaban J connectivity index is 1.57. The molecule has 0 aliphatic rings. The Labute approximate surface area is 151 Å². The summed E-state index contributed by atoms with van der Waals surface area (Å²) in [5, 5.41) is 17.4. The largest absolute Gasteiger partial charge is 0.390 e. The summed E-state index contributed by atoms with van der Waals surface area (Å²) in [6.07, 6.45) is -0.414. The maximum Gasteiger partial charge on any atom is 0.0845 e. The van der Waals surface area contributed by atoms with Gasteiger partial charge in [-0.15, -0.1) is 0 Å². The van der Waals surface area contributed by atoms with Gasteiger partial charge in [0, 0.05) is 34.9 Å². The molecule has 1 N–H and O–H groups in total. The van der Waals surface area contributed by atoms with Gasteiger partial charge in [0.25, 0.3) is 0 Å². The van der Waals surface area contributed by atoms with E-state index in [1.165, 1.54) is 27.4 Å². The Morgan fingerprint density at radius 1 is 1.00 bits per heavy atom. The molecule has 0 radical (unpaired) electrons. The smallest absolute Gasteiger partial charge is 0.0845 e. The zero-order chi connectivity index (χ0) is 17.2. The van der Waals surface area contributed by atoms with Crippen molar-refractivity contribution in [2.75, 3.05) is 13.6 Å². The van der Waals surface area contributed by atoms with Crippen molar-refractivity contribution in [1.29, 1.82) is 0 Å². The zero-order valence-electron chi connectivity index (χ0n) is 14.3. The number of benzene rings is 2. The predicted octanol–water partition coefficient (Wildman–Crippen LogP) is 4.35. The second-order valence-electron chi connectivity index (χ2n) is 6.63. The van der Waals surface area contributed by atoms with Crippen LogP contribution < -0.4 is 0 Å². The van der Waals surface area contributed by atoms with E-state index in [1.807, 2.05) is 0 Å². The summed E-state index contributed by atoms with van der Waals surface area (Å²) in [4.78, 5) is 2.18. The van der Waals surface area contributed by atoms with E-state index >= 15 is 0 Å². The van der Waals surface area contributed by atoms with Gasteiger partial charge >= 0.3 is 0 Å². The molecule has 0 aliphatic carbocycles. The number of para-hydroxylation sites is 2. The number of rotatable bonds is 6. The van der Waals surface area contributed by atoms with Gasteiger partial charge in [0.05, 0.1) is 12.6 Å². The van der Waals surface area contributed by atoms with Crippen LogP contribution in [0.2, 0.25) is 0 Å². The fraction of sp³-hybridized carbons (Fsp3) is 0.238. The molecule has 0 aliphatic heterocycles. The number of aromatic nitrogens is 1. The number of hydrogen-bond acceptors (Lipinski definition) is 3. The first-order chi connectivity index (χ1) is 12.2. The van der Waals surface area contributed by atoms with Crippen LogP contribution in [0.15, 0.2) is 65.4 Å². The van der Waals surface area contributed by atoms with Gasteiger partial charge in [-0.05, 0) is 41.6 Å². The van der Waals surface area contributed by atoms with E-state index in [1.54, 1.807) is 11.3 Å². The standard InChI is InChI=1S/C21H22N2OS/c1-22(12-16-10-11-25-15-16)13-17(24)14-23-20-8-4-2-6-18(20)19-7-3-5-9-21(19)23/h2-11,15,17,24H,12-14H2,1H3/t17-/m1/s1. The molecule has 25 heavy (non-hydrogen) atoms. The van der Waals surface area contributed by atoms with E-state index in [0.29, 0.717) is 13.1 Å². The van der Waals surface area contributed by atoms with Gasteiger partial charge in [0.15, 0.2) is 0 Å². The molecule has 0 spiro atoms. The highest BCUT2D eigenvalue weighted by Gasteiger charge is 2.14. The molecule has 2 aromatic carbocycles. The van der Waals surface area contributed by atoms with Gasteiger partial charge in [0.2, 0.25) is 0 Å². The molecule has 1 atom stereocenters. The molecule has 4 heteroatoms. The minimum Gasteiger partial charge on any atom is -0.390 e. The summed E-state index contributed by atoms with van der Waals surface area (Å²) in [7, 11) is 2.06. The number of thiophene rings is 1. The highest BCUT2D eigenvalue weighted by molar-refractivity contribution is 7.07. The van der Waals surface area contributed by atoms with E-state index in [4.69, 9.17) is 0 Å². The molecule has 4 aromatic rings. The minimum absolute atomic E-state index is 0.414. The number of nitrogens with zero attached hydrogens (tertiary/aromatic N) is 2. The summed E-state index contributed by atoms with van der Waals surface area (Å²) in [5.74, 6) is 0. The molecule has 3 nitrogen and oxygen atoms in total. The molecular weight excluding hydrogens is 328 g/mol. The van der Waals surface area contributed by atoms with Gasteiger partial charge in [-0.2, -0.15) is 11.3 Å². The average Bonchev–Trinajstić information content (AvgIpc) is 3.22. The van der Waals surface area contributed by atoms with Gasteiger partial charge < -0.3 is 9.67 Å². The summed E-state index contributed by atoms with van der Waals surface area (Å²) >= 11 is 1.71. The second kappa shape index (κ2) is 7.00.